The van der Waals surface area contributed by atoms with Crippen LogP contribution in [0.1, 0.15) is 21.5 Å². The summed E-state index contributed by atoms with van der Waals surface area (Å²) in [6.45, 7) is 5.23. The first-order chi connectivity index (χ1) is 14.7. The maximum atomic E-state index is 13.3. The smallest absolute Gasteiger partial charge is 0.251 e. The Hall–Kier alpha value is -3.25. The first kappa shape index (κ1) is 20.0. The molecule has 0 unspecified atom stereocenters. The SMILES string of the molecule is O=C(NCc1ccccc1CN1CCN(c2ccccc2)CC1)c1ccnc(F)c1. The van der Waals surface area contributed by atoms with Crippen LogP contribution in [0.15, 0.2) is 72.9 Å². The van der Waals surface area contributed by atoms with Crippen molar-refractivity contribution in [3.05, 3.63) is 95.6 Å². The molecule has 0 atom stereocenters. The van der Waals surface area contributed by atoms with E-state index in [2.05, 4.69) is 50.4 Å². The van der Waals surface area contributed by atoms with Crippen LogP contribution in [0, 0.1) is 5.95 Å². The average Bonchev–Trinajstić information content (AvgIpc) is 2.79. The van der Waals surface area contributed by atoms with Gasteiger partial charge in [-0.05, 0) is 29.3 Å². The minimum absolute atomic E-state index is 0.275. The van der Waals surface area contributed by atoms with Crippen LogP contribution >= 0.6 is 0 Å². The van der Waals surface area contributed by atoms with Crippen molar-refractivity contribution in [2.24, 2.45) is 0 Å². The fourth-order valence-corrected chi connectivity index (χ4v) is 3.75. The molecular formula is C24H25FN4O. The maximum Gasteiger partial charge on any atom is 0.251 e. The summed E-state index contributed by atoms with van der Waals surface area (Å²) in [5, 5.41) is 2.89. The zero-order chi connectivity index (χ0) is 20.8. The Morgan fingerprint density at radius 2 is 1.63 bits per heavy atom. The average molecular weight is 404 g/mol. The third kappa shape index (κ3) is 5.02. The van der Waals surface area contributed by atoms with Gasteiger partial charge in [-0.1, -0.05) is 42.5 Å². The van der Waals surface area contributed by atoms with Gasteiger partial charge in [-0.15, -0.1) is 0 Å². The summed E-state index contributed by atoms with van der Waals surface area (Å²) in [6.07, 6.45) is 1.30. The fourth-order valence-electron chi connectivity index (χ4n) is 3.75. The number of piperazine rings is 1. The topological polar surface area (TPSA) is 48.5 Å². The number of halogens is 1. The fraction of sp³-hybridized carbons (Fsp3) is 0.250. The summed E-state index contributed by atoms with van der Waals surface area (Å²) in [5.74, 6) is -0.958. The number of benzene rings is 2. The predicted molar refractivity (Wildman–Crippen MR) is 116 cm³/mol. The van der Waals surface area contributed by atoms with E-state index < -0.39 is 5.95 Å². The Balaban J connectivity index is 1.34. The minimum atomic E-state index is -0.655. The van der Waals surface area contributed by atoms with E-state index in [1.165, 1.54) is 23.5 Å². The Morgan fingerprint density at radius 3 is 2.37 bits per heavy atom. The maximum absolute atomic E-state index is 13.3. The second-order valence-electron chi connectivity index (χ2n) is 7.42. The summed E-state index contributed by atoms with van der Waals surface area (Å²) in [4.78, 5) is 20.7. The number of anilines is 1. The van der Waals surface area contributed by atoms with Gasteiger partial charge in [0.2, 0.25) is 5.95 Å². The Labute approximate surface area is 176 Å². The second kappa shape index (κ2) is 9.50. The van der Waals surface area contributed by atoms with E-state index in [0.29, 0.717) is 6.54 Å². The van der Waals surface area contributed by atoms with Crippen molar-refractivity contribution in [1.29, 1.82) is 0 Å². The van der Waals surface area contributed by atoms with E-state index in [1.54, 1.807) is 0 Å². The number of nitrogens with one attached hydrogen (secondary N) is 1. The van der Waals surface area contributed by atoms with E-state index in [9.17, 15) is 9.18 Å². The monoisotopic (exact) mass is 404 g/mol. The van der Waals surface area contributed by atoms with Crippen LogP contribution in [0.2, 0.25) is 0 Å². The summed E-state index contributed by atoms with van der Waals surface area (Å²) in [7, 11) is 0. The summed E-state index contributed by atoms with van der Waals surface area (Å²) in [6, 6.07) is 21.3. The Morgan fingerprint density at radius 1 is 0.933 bits per heavy atom. The number of para-hydroxylation sites is 1. The largest absolute Gasteiger partial charge is 0.369 e. The predicted octanol–water partition coefficient (Wildman–Crippen LogP) is 3.47. The van der Waals surface area contributed by atoms with E-state index in [4.69, 9.17) is 0 Å². The number of amides is 1. The molecule has 1 aliphatic heterocycles. The first-order valence-corrected chi connectivity index (χ1v) is 10.2. The number of hydrogen-bond donors (Lipinski definition) is 1. The second-order valence-corrected chi connectivity index (χ2v) is 7.42. The van der Waals surface area contributed by atoms with Gasteiger partial charge in [0.25, 0.3) is 5.91 Å². The van der Waals surface area contributed by atoms with Crippen molar-refractivity contribution in [2.45, 2.75) is 13.1 Å². The lowest BCUT2D eigenvalue weighted by Gasteiger charge is -2.36. The standard InChI is InChI=1S/C24H25FN4O/c25-23-16-19(10-11-26-23)24(30)27-17-20-6-4-5-7-21(20)18-28-12-14-29(15-13-28)22-8-2-1-3-9-22/h1-11,16H,12-15,17-18H2,(H,27,30). The number of pyridine rings is 1. The van der Waals surface area contributed by atoms with Crippen LogP contribution in [0.3, 0.4) is 0 Å². The molecule has 2 aromatic carbocycles. The molecule has 3 aromatic rings. The van der Waals surface area contributed by atoms with Gasteiger partial charge in [0, 0.05) is 62.8 Å². The molecule has 30 heavy (non-hydrogen) atoms. The molecule has 0 saturated carbocycles. The number of rotatable bonds is 6. The summed E-state index contributed by atoms with van der Waals surface area (Å²) < 4.78 is 13.3. The molecule has 5 nitrogen and oxygen atoms in total. The molecule has 1 aromatic heterocycles. The van der Waals surface area contributed by atoms with Gasteiger partial charge >= 0.3 is 0 Å². The van der Waals surface area contributed by atoms with E-state index >= 15 is 0 Å². The van der Waals surface area contributed by atoms with E-state index in [1.807, 2.05) is 24.3 Å². The van der Waals surface area contributed by atoms with E-state index in [0.717, 1.165) is 44.4 Å². The highest BCUT2D eigenvalue weighted by molar-refractivity contribution is 5.93. The van der Waals surface area contributed by atoms with Crippen LogP contribution < -0.4 is 10.2 Å². The quantitative estimate of drug-likeness (QED) is 0.639. The van der Waals surface area contributed by atoms with Gasteiger partial charge in [-0.2, -0.15) is 4.39 Å². The van der Waals surface area contributed by atoms with Crippen molar-refractivity contribution in [3.63, 3.8) is 0 Å². The van der Waals surface area contributed by atoms with Gasteiger partial charge in [0.15, 0.2) is 0 Å². The number of aromatic nitrogens is 1. The lowest BCUT2D eigenvalue weighted by molar-refractivity contribution is 0.0950. The molecule has 0 spiro atoms. The first-order valence-electron chi connectivity index (χ1n) is 10.2. The van der Waals surface area contributed by atoms with Gasteiger partial charge < -0.3 is 10.2 Å². The molecule has 1 fully saturated rings. The molecule has 4 rings (SSSR count). The number of carbonyl (C=O) groups is 1. The lowest BCUT2D eigenvalue weighted by Crippen LogP contribution is -2.46. The van der Waals surface area contributed by atoms with Crippen LogP contribution in [0.4, 0.5) is 10.1 Å². The molecule has 1 aliphatic rings. The Bertz CT molecular complexity index is 987. The molecule has 0 radical (unpaired) electrons. The highest BCUT2D eigenvalue weighted by Gasteiger charge is 2.18. The summed E-state index contributed by atoms with van der Waals surface area (Å²) in [5.41, 5.74) is 3.82. The molecule has 2 heterocycles. The van der Waals surface area contributed by atoms with Crippen molar-refractivity contribution < 1.29 is 9.18 Å². The molecule has 6 heteroatoms. The number of nitrogens with zero attached hydrogens (tertiary/aromatic N) is 3. The third-order valence-electron chi connectivity index (χ3n) is 5.43. The molecular weight excluding hydrogens is 379 g/mol. The number of carbonyl (C=O) groups excluding carboxylic acids is 1. The number of hydrogen-bond acceptors (Lipinski definition) is 4. The molecule has 1 amide bonds. The van der Waals surface area contributed by atoms with Crippen molar-refractivity contribution in [2.75, 3.05) is 31.1 Å². The lowest BCUT2D eigenvalue weighted by atomic mass is 10.1. The zero-order valence-corrected chi connectivity index (χ0v) is 16.8. The molecule has 0 aliphatic carbocycles. The highest BCUT2D eigenvalue weighted by Crippen LogP contribution is 2.18. The van der Waals surface area contributed by atoms with Crippen molar-refractivity contribution in [1.82, 2.24) is 15.2 Å². The van der Waals surface area contributed by atoms with Crippen LogP contribution in [0.5, 0.6) is 0 Å². The third-order valence-corrected chi connectivity index (χ3v) is 5.43. The van der Waals surface area contributed by atoms with Crippen molar-refractivity contribution in [3.8, 4) is 0 Å². The zero-order valence-electron chi connectivity index (χ0n) is 16.8. The Kier molecular flexibility index (Phi) is 6.35. The van der Waals surface area contributed by atoms with Crippen molar-refractivity contribution >= 4 is 11.6 Å². The normalized spacial score (nSPS) is 14.5. The van der Waals surface area contributed by atoms with Crippen LogP contribution in [-0.2, 0) is 13.1 Å². The molecule has 154 valence electrons. The summed E-state index contributed by atoms with van der Waals surface area (Å²) >= 11 is 0. The molecule has 1 saturated heterocycles. The highest BCUT2D eigenvalue weighted by atomic mass is 19.1. The van der Waals surface area contributed by atoms with Gasteiger partial charge in [-0.25, -0.2) is 4.98 Å². The minimum Gasteiger partial charge on any atom is -0.369 e. The van der Waals surface area contributed by atoms with Gasteiger partial charge in [0.05, 0.1) is 0 Å². The molecule has 0 bridgehead atoms. The van der Waals surface area contributed by atoms with Crippen LogP contribution in [0.25, 0.3) is 0 Å². The van der Waals surface area contributed by atoms with Crippen LogP contribution in [-0.4, -0.2) is 42.0 Å². The molecule has 1 N–H and O–H groups in total. The van der Waals surface area contributed by atoms with E-state index in [-0.39, 0.29) is 11.5 Å². The van der Waals surface area contributed by atoms with Gasteiger partial charge in [-0.3, -0.25) is 9.69 Å². The van der Waals surface area contributed by atoms with Gasteiger partial charge in [0.1, 0.15) is 0 Å².